The first-order valence-corrected chi connectivity index (χ1v) is 12.1. The molecule has 1 fully saturated rings. The van der Waals surface area contributed by atoms with Crippen LogP contribution in [0.2, 0.25) is 18.1 Å². The molecule has 0 aliphatic heterocycles. The van der Waals surface area contributed by atoms with E-state index in [1.165, 1.54) is 0 Å². The lowest BCUT2D eigenvalue weighted by molar-refractivity contribution is -0.149. The van der Waals surface area contributed by atoms with Gasteiger partial charge in [0.05, 0.1) is 5.41 Å². The molecule has 1 saturated carbocycles. The number of hydrogen-bond acceptors (Lipinski definition) is 3. The van der Waals surface area contributed by atoms with Gasteiger partial charge in [0, 0.05) is 12.5 Å². The summed E-state index contributed by atoms with van der Waals surface area (Å²) < 4.78 is 6.49. The molecule has 0 amide bonds. The normalized spacial score (nSPS) is 31.9. The highest BCUT2D eigenvalue weighted by Gasteiger charge is 2.53. The Morgan fingerprint density at radius 3 is 2.33 bits per heavy atom. The number of Topliss-reactive ketones (excluding diaryl/α,β-unsaturated/α-hetero) is 2. The van der Waals surface area contributed by atoms with E-state index in [-0.39, 0.29) is 28.4 Å². The molecule has 3 nitrogen and oxygen atoms in total. The van der Waals surface area contributed by atoms with E-state index < -0.39 is 13.7 Å². The fourth-order valence-corrected chi connectivity index (χ4v) is 4.82. The molecule has 3 aliphatic carbocycles. The summed E-state index contributed by atoms with van der Waals surface area (Å²) in [4.78, 5) is 24.7. The molecule has 24 heavy (non-hydrogen) atoms. The first-order chi connectivity index (χ1) is 10.8. The van der Waals surface area contributed by atoms with Crippen LogP contribution in [0.15, 0.2) is 12.2 Å². The van der Waals surface area contributed by atoms with Crippen LogP contribution in [-0.2, 0) is 14.0 Å². The molecule has 0 aromatic carbocycles. The van der Waals surface area contributed by atoms with Crippen LogP contribution in [0.3, 0.4) is 0 Å². The monoisotopic (exact) mass is 350 g/mol. The van der Waals surface area contributed by atoms with Crippen molar-refractivity contribution in [2.75, 3.05) is 6.61 Å². The van der Waals surface area contributed by atoms with Crippen molar-refractivity contribution in [3.05, 3.63) is 12.2 Å². The standard InChI is InChI=1S/C20H34O3Si/c1-13(2)16(12-23-24(7,8)19(3,4)5)15-11-20(6)10-9-14(15)17(21)18(20)22/h9-10,13-16H,11-12H2,1-8H3/t14-,15-,16-,20-/m1/s1. The molecule has 3 rings (SSSR count). The van der Waals surface area contributed by atoms with Crippen LogP contribution in [0, 0.1) is 29.1 Å². The lowest BCUT2D eigenvalue weighted by atomic mass is 9.56. The van der Waals surface area contributed by atoms with E-state index in [1.807, 2.05) is 19.1 Å². The van der Waals surface area contributed by atoms with Crippen LogP contribution in [0.4, 0.5) is 0 Å². The number of rotatable bonds is 5. The Hall–Kier alpha value is -0.743. The van der Waals surface area contributed by atoms with Gasteiger partial charge in [-0.3, -0.25) is 9.59 Å². The van der Waals surface area contributed by atoms with Gasteiger partial charge in [-0.1, -0.05) is 46.8 Å². The Morgan fingerprint density at radius 2 is 1.88 bits per heavy atom. The lowest BCUT2D eigenvalue weighted by Crippen LogP contribution is -2.53. The Balaban J connectivity index is 2.20. The summed E-state index contributed by atoms with van der Waals surface area (Å²) >= 11 is 0. The third-order valence-electron chi connectivity index (χ3n) is 6.69. The molecule has 0 aromatic rings. The van der Waals surface area contributed by atoms with Crippen molar-refractivity contribution in [1.82, 2.24) is 0 Å². The third-order valence-corrected chi connectivity index (χ3v) is 11.2. The molecule has 0 aromatic heterocycles. The van der Waals surface area contributed by atoms with Gasteiger partial charge >= 0.3 is 0 Å². The number of carbonyl (C=O) groups is 2. The fourth-order valence-electron chi connectivity index (χ4n) is 3.78. The Kier molecular flexibility index (Phi) is 5.06. The number of fused-ring (bicyclic) bond motifs is 2. The van der Waals surface area contributed by atoms with Crippen molar-refractivity contribution in [1.29, 1.82) is 0 Å². The molecule has 0 saturated heterocycles. The Labute approximate surface area is 148 Å². The van der Waals surface area contributed by atoms with Gasteiger partial charge in [-0.05, 0) is 49.2 Å². The van der Waals surface area contributed by atoms with Gasteiger partial charge in [-0.15, -0.1) is 0 Å². The minimum atomic E-state index is -1.82. The van der Waals surface area contributed by atoms with Crippen LogP contribution < -0.4 is 0 Å². The number of ketones is 2. The van der Waals surface area contributed by atoms with Crippen molar-refractivity contribution in [2.24, 2.45) is 29.1 Å². The van der Waals surface area contributed by atoms with Crippen LogP contribution in [0.25, 0.3) is 0 Å². The summed E-state index contributed by atoms with van der Waals surface area (Å²) in [6.07, 6.45) is 4.73. The highest BCUT2D eigenvalue weighted by atomic mass is 28.4. The molecule has 0 heterocycles. The molecule has 3 aliphatic rings. The molecule has 4 heteroatoms. The van der Waals surface area contributed by atoms with Gasteiger partial charge < -0.3 is 4.43 Å². The SMILES string of the molecule is CC(C)[C@@H](CO[Si](C)(C)C(C)(C)C)[C@@H]1C[C@@]2(C)C=C[C@H]1C(=O)C2=O. The van der Waals surface area contributed by atoms with Crippen molar-refractivity contribution >= 4 is 19.9 Å². The summed E-state index contributed by atoms with van der Waals surface area (Å²) in [5, 5.41) is 0.178. The van der Waals surface area contributed by atoms with Gasteiger partial charge in [0.1, 0.15) is 0 Å². The van der Waals surface area contributed by atoms with E-state index in [4.69, 9.17) is 4.43 Å². The topological polar surface area (TPSA) is 43.4 Å². The maximum absolute atomic E-state index is 12.5. The Bertz CT molecular complexity index is 556. The van der Waals surface area contributed by atoms with Crippen molar-refractivity contribution < 1.29 is 14.0 Å². The lowest BCUT2D eigenvalue weighted by Gasteiger charge is -2.47. The zero-order valence-corrected chi connectivity index (χ0v) is 17.6. The van der Waals surface area contributed by atoms with E-state index in [9.17, 15) is 9.59 Å². The zero-order chi connectivity index (χ0) is 18.5. The second kappa shape index (κ2) is 6.21. The second-order valence-electron chi connectivity index (χ2n) is 9.84. The molecule has 0 radical (unpaired) electrons. The predicted octanol–water partition coefficient (Wildman–Crippen LogP) is 4.63. The van der Waals surface area contributed by atoms with E-state index in [2.05, 4.69) is 47.7 Å². The molecule has 0 N–H and O–H groups in total. The molecule has 2 bridgehead atoms. The van der Waals surface area contributed by atoms with E-state index >= 15 is 0 Å². The first kappa shape index (κ1) is 19.6. The highest BCUT2D eigenvalue weighted by molar-refractivity contribution is 6.74. The average molecular weight is 351 g/mol. The van der Waals surface area contributed by atoms with E-state index in [0.717, 1.165) is 6.42 Å². The van der Waals surface area contributed by atoms with Crippen molar-refractivity contribution in [3.63, 3.8) is 0 Å². The first-order valence-electron chi connectivity index (χ1n) is 9.22. The van der Waals surface area contributed by atoms with Crippen molar-refractivity contribution in [3.8, 4) is 0 Å². The minimum Gasteiger partial charge on any atom is -0.417 e. The van der Waals surface area contributed by atoms with Gasteiger partial charge in [-0.25, -0.2) is 0 Å². The molecule has 4 atom stereocenters. The maximum Gasteiger partial charge on any atom is 0.208 e. The summed E-state index contributed by atoms with van der Waals surface area (Å²) in [5.74, 6) is 0.336. The number of allylic oxidation sites excluding steroid dienone is 2. The van der Waals surface area contributed by atoms with Crippen LogP contribution >= 0.6 is 0 Å². The second-order valence-corrected chi connectivity index (χ2v) is 14.7. The molecular formula is C20H34O3Si. The highest BCUT2D eigenvalue weighted by Crippen LogP contribution is 2.49. The van der Waals surface area contributed by atoms with E-state index in [1.54, 1.807) is 0 Å². The van der Waals surface area contributed by atoms with Crippen LogP contribution in [0.1, 0.15) is 48.0 Å². The summed E-state index contributed by atoms with van der Waals surface area (Å²) in [7, 11) is -1.82. The smallest absolute Gasteiger partial charge is 0.208 e. The van der Waals surface area contributed by atoms with Gasteiger partial charge in [0.15, 0.2) is 8.32 Å². The average Bonchev–Trinajstić information content (AvgIpc) is 2.43. The van der Waals surface area contributed by atoms with Gasteiger partial charge in [0.25, 0.3) is 0 Å². The third kappa shape index (κ3) is 3.32. The van der Waals surface area contributed by atoms with Gasteiger partial charge in [-0.2, -0.15) is 0 Å². The zero-order valence-electron chi connectivity index (χ0n) is 16.6. The quantitative estimate of drug-likeness (QED) is 0.412. The molecule has 0 unspecified atom stereocenters. The summed E-state index contributed by atoms with van der Waals surface area (Å²) in [6.45, 7) is 18.3. The largest absolute Gasteiger partial charge is 0.417 e. The van der Waals surface area contributed by atoms with Gasteiger partial charge in [0.2, 0.25) is 11.6 Å². The fraction of sp³-hybridized carbons (Fsp3) is 0.800. The predicted molar refractivity (Wildman–Crippen MR) is 100 cm³/mol. The summed E-state index contributed by atoms with van der Waals surface area (Å²) in [5.41, 5.74) is -0.597. The number of carbonyl (C=O) groups excluding carboxylic acids is 2. The molecule has 136 valence electrons. The summed E-state index contributed by atoms with van der Waals surface area (Å²) in [6, 6.07) is 0. The van der Waals surface area contributed by atoms with Crippen LogP contribution in [0.5, 0.6) is 0 Å². The van der Waals surface area contributed by atoms with Crippen molar-refractivity contribution in [2.45, 2.75) is 66.1 Å². The molecule has 0 spiro atoms. The Morgan fingerprint density at radius 1 is 1.29 bits per heavy atom. The van der Waals surface area contributed by atoms with Crippen LogP contribution in [-0.4, -0.2) is 26.5 Å². The maximum atomic E-state index is 12.5. The van der Waals surface area contributed by atoms with E-state index in [0.29, 0.717) is 18.4 Å². The molecular weight excluding hydrogens is 316 g/mol. The minimum absolute atomic E-state index is 0.178. The number of hydrogen-bond donors (Lipinski definition) is 0.